The molecule has 0 bridgehead atoms. The van der Waals surface area contributed by atoms with E-state index in [0.717, 1.165) is 25.9 Å². The number of hydrogen-bond donors (Lipinski definition) is 1. The Morgan fingerprint density at radius 2 is 2.38 bits per heavy atom. The molecule has 0 aromatic rings. The highest BCUT2D eigenvalue weighted by molar-refractivity contribution is 5.85. The van der Waals surface area contributed by atoms with E-state index in [1.165, 1.54) is 6.42 Å². The number of carboxylic acids is 1. The van der Waals surface area contributed by atoms with E-state index in [9.17, 15) is 4.79 Å². The molecule has 1 aliphatic heterocycles. The van der Waals surface area contributed by atoms with E-state index in [2.05, 4.69) is 0 Å². The van der Waals surface area contributed by atoms with E-state index >= 15 is 0 Å². The Labute approximate surface area is 78.4 Å². The van der Waals surface area contributed by atoms with Gasteiger partial charge in [0.05, 0.1) is 6.10 Å². The van der Waals surface area contributed by atoms with Crippen LogP contribution in [0, 0.1) is 0 Å². The zero-order valence-corrected chi connectivity index (χ0v) is 7.95. The van der Waals surface area contributed by atoms with Crippen LogP contribution in [-0.2, 0) is 9.53 Å². The van der Waals surface area contributed by atoms with Crippen LogP contribution in [0.2, 0.25) is 0 Å². The summed E-state index contributed by atoms with van der Waals surface area (Å²) in [6.07, 6.45) is 6.12. The second-order valence-corrected chi connectivity index (χ2v) is 3.42. The molecule has 0 aliphatic carbocycles. The molecule has 13 heavy (non-hydrogen) atoms. The topological polar surface area (TPSA) is 46.5 Å². The van der Waals surface area contributed by atoms with Crippen LogP contribution in [0.15, 0.2) is 11.6 Å². The van der Waals surface area contributed by atoms with Crippen molar-refractivity contribution in [3.8, 4) is 0 Å². The van der Waals surface area contributed by atoms with Gasteiger partial charge >= 0.3 is 5.97 Å². The van der Waals surface area contributed by atoms with E-state index in [0.29, 0.717) is 5.57 Å². The number of ether oxygens (including phenoxy) is 1. The summed E-state index contributed by atoms with van der Waals surface area (Å²) in [6, 6.07) is 0. The van der Waals surface area contributed by atoms with Gasteiger partial charge in [-0.2, -0.15) is 0 Å². The third-order valence-electron chi connectivity index (χ3n) is 2.30. The van der Waals surface area contributed by atoms with Crippen molar-refractivity contribution < 1.29 is 14.6 Å². The number of rotatable bonds is 3. The first kappa shape index (κ1) is 10.3. The fourth-order valence-electron chi connectivity index (χ4n) is 1.39. The Balaban J connectivity index is 2.31. The molecule has 0 aromatic heterocycles. The van der Waals surface area contributed by atoms with Crippen LogP contribution in [0.5, 0.6) is 0 Å². The van der Waals surface area contributed by atoms with Gasteiger partial charge in [-0.3, -0.25) is 0 Å². The molecule has 74 valence electrons. The van der Waals surface area contributed by atoms with Gasteiger partial charge in [0.15, 0.2) is 0 Å². The fourth-order valence-corrected chi connectivity index (χ4v) is 1.39. The van der Waals surface area contributed by atoms with Gasteiger partial charge in [0.25, 0.3) is 0 Å². The van der Waals surface area contributed by atoms with Gasteiger partial charge in [0.2, 0.25) is 0 Å². The Morgan fingerprint density at radius 1 is 1.62 bits per heavy atom. The summed E-state index contributed by atoms with van der Waals surface area (Å²) in [4.78, 5) is 10.5. The molecule has 1 heterocycles. The van der Waals surface area contributed by atoms with Crippen molar-refractivity contribution in [2.45, 2.75) is 38.7 Å². The molecule has 1 fully saturated rings. The van der Waals surface area contributed by atoms with Crippen molar-refractivity contribution >= 4 is 5.97 Å². The lowest BCUT2D eigenvalue weighted by Crippen LogP contribution is -2.18. The van der Waals surface area contributed by atoms with Crippen molar-refractivity contribution in [3.63, 3.8) is 0 Å². The van der Waals surface area contributed by atoms with Crippen molar-refractivity contribution in [1.82, 2.24) is 0 Å². The molecule has 1 unspecified atom stereocenters. The van der Waals surface area contributed by atoms with Crippen LogP contribution < -0.4 is 0 Å². The van der Waals surface area contributed by atoms with Gasteiger partial charge in [-0.05, 0) is 32.6 Å². The molecule has 3 heteroatoms. The van der Waals surface area contributed by atoms with E-state index in [4.69, 9.17) is 9.84 Å². The lowest BCUT2D eigenvalue weighted by molar-refractivity contribution is -0.132. The molecule has 0 spiro atoms. The summed E-state index contributed by atoms with van der Waals surface area (Å²) >= 11 is 0. The third kappa shape index (κ3) is 3.59. The van der Waals surface area contributed by atoms with E-state index in [1.807, 2.05) is 0 Å². The zero-order valence-electron chi connectivity index (χ0n) is 7.95. The van der Waals surface area contributed by atoms with Crippen LogP contribution in [0.4, 0.5) is 0 Å². The highest BCUT2D eigenvalue weighted by Crippen LogP contribution is 2.16. The van der Waals surface area contributed by atoms with Crippen molar-refractivity contribution in [3.05, 3.63) is 11.6 Å². The number of carboxylic acid groups (broad SMARTS) is 1. The Hall–Kier alpha value is -0.830. The van der Waals surface area contributed by atoms with Crippen LogP contribution in [0.3, 0.4) is 0 Å². The number of carbonyl (C=O) groups is 1. The predicted molar refractivity (Wildman–Crippen MR) is 49.6 cm³/mol. The minimum absolute atomic E-state index is 0.239. The molecular weight excluding hydrogens is 168 g/mol. The Kier molecular flexibility index (Phi) is 3.96. The lowest BCUT2D eigenvalue weighted by atomic mass is 10.1. The minimum Gasteiger partial charge on any atom is -0.478 e. The SMILES string of the molecule is CC(=CCC1CCCCO1)C(=O)O. The maximum absolute atomic E-state index is 10.5. The molecule has 0 aromatic carbocycles. The first-order valence-electron chi connectivity index (χ1n) is 4.72. The van der Waals surface area contributed by atoms with E-state index in [1.54, 1.807) is 13.0 Å². The predicted octanol–water partition coefficient (Wildman–Crippen LogP) is 1.98. The third-order valence-corrected chi connectivity index (χ3v) is 2.30. The molecule has 1 saturated heterocycles. The summed E-state index contributed by atoms with van der Waals surface area (Å²) in [7, 11) is 0. The van der Waals surface area contributed by atoms with Crippen LogP contribution >= 0.6 is 0 Å². The van der Waals surface area contributed by atoms with Gasteiger partial charge in [0.1, 0.15) is 0 Å². The number of hydrogen-bond acceptors (Lipinski definition) is 2. The summed E-state index contributed by atoms with van der Waals surface area (Å²) < 4.78 is 5.47. The summed E-state index contributed by atoms with van der Waals surface area (Å²) in [5.41, 5.74) is 0.411. The molecule has 1 N–H and O–H groups in total. The maximum Gasteiger partial charge on any atom is 0.330 e. The van der Waals surface area contributed by atoms with Gasteiger partial charge in [-0.25, -0.2) is 4.79 Å². The fraction of sp³-hybridized carbons (Fsp3) is 0.700. The van der Waals surface area contributed by atoms with Gasteiger partial charge in [-0.1, -0.05) is 6.08 Å². The molecular formula is C10H16O3. The molecule has 0 saturated carbocycles. The smallest absolute Gasteiger partial charge is 0.330 e. The monoisotopic (exact) mass is 184 g/mol. The standard InChI is InChI=1S/C10H16O3/c1-8(10(11)12)5-6-9-4-2-3-7-13-9/h5,9H,2-4,6-7H2,1H3,(H,11,12). The molecule has 1 atom stereocenters. The summed E-state index contributed by atoms with van der Waals surface area (Å²) in [6.45, 7) is 2.44. The molecule has 1 rings (SSSR count). The van der Waals surface area contributed by atoms with Gasteiger partial charge in [0, 0.05) is 12.2 Å². The molecule has 0 radical (unpaired) electrons. The van der Waals surface area contributed by atoms with Gasteiger partial charge < -0.3 is 9.84 Å². The largest absolute Gasteiger partial charge is 0.478 e. The summed E-state index contributed by atoms with van der Waals surface area (Å²) in [5, 5.41) is 8.60. The lowest BCUT2D eigenvalue weighted by Gasteiger charge is -2.21. The second kappa shape index (κ2) is 5.02. The first-order valence-corrected chi connectivity index (χ1v) is 4.72. The normalized spacial score (nSPS) is 24.4. The quantitative estimate of drug-likeness (QED) is 0.682. The average Bonchev–Trinajstić information content (AvgIpc) is 2.15. The Bertz CT molecular complexity index is 202. The number of aliphatic carboxylic acids is 1. The minimum atomic E-state index is -0.837. The van der Waals surface area contributed by atoms with E-state index in [-0.39, 0.29) is 6.10 Å². The molecule has 3 nitrogen and oxygen atoms in total. The highest BCUT2D eigenvalue weighted by atomic mass is 16.5. The average molecular weight is 184 g/mol. The second-order valence-electron chi connectivity index (χ2n) is 3.42. The van der Waals surface area contributed by atoms with Crippen molar-refractivity contribution in [2.75, 3.05) is 6.61 Å². The zero-order chi connectivity index (χ0) is 9.68. The van der Waals surface area contributed by atoms with Crippen LogP contribution in [0.25, 0.3) is 0 Å². The summed E-state index contributed by atoms with van der Waals surface area (Å²) in [5.74, 6) is -0.837. The first-order chi connectivity index (χ1) is 6.20. The molecule has 1 aliphatic rings. The van der Waals surface area contributed by atoms with Gasteiger partial charge in [-0.15, -0.1) is 0 Å². The van der Waals surface area contributed by atoms with E-state index < -0.39 is 5.97 Å². The van der Waals surface area contributed by atoms with Crippen LogP contribution in [-0.4, -0.2) is 23.8 Å². The van der Waals surface area contributed by atoms with Crippen molar-refractivity contribution in [1.29, 1.82) is 0 Å². The Morgan fingerprint density at radius 3 is 2.92 bits per heavy atom. The maximum atomic E-state index is 10.5. The van der Waals surface area contributed by atoms with Crippen molar-refractivity contribution in [2.24, 2.45) is 0 Å². The highest BCUT2D eigenvalue weighted by Gasteiger charge is 2.12. The molecule has 0 amide bonds. The van der Waals surface area contributed by atoms with Crippen LogP contribution in [0.1, 0.15) is 32.6 Å².